The Morgan fingerprint density at radius 2 is 1.74 bits per heavy atom. The number of ether oxygens (including phenoxy) is 1. The van der Waals surface area contributed by atoms with Gasteiger partial charge in [0.15, 0.2) is 12.7 Å². The predicted molar refractivity (Wildman–Crippen MR) is 116 cm³/mol. The van der Waals surface area contributed by atoms with Gasteiger partial charge in [-0.25, -0.2) is 0 Å². The number of pyridine rings is 1. The lowest BCUT2D eigenvalue weighted by Gasteiger charge is -2.14. The summed E-state index contributed by atoms with van der Waals surface area (Å²) < 4.78 is 7.86. The highest BCUT2D eigenvalue weighted by molar-refractivity contribution is 7.80. The van der Waals surface area contributed by atoms with Gasteiger partial charge in [0.05, 0.1) is 12.5 Å². The van der Waals surface area contributed by atoms with Crippen molar-refractivity contribution in [3.05, 3.63) is 82.9 Å². The number of methoxy groups -OCH3 is 1. The normalized spacial score (nSPS) is 14.0. The molecule has 0 bridgehead atoms. The number of benzene rings is 2. The maximum Gasteiger partial charge on any atom is 0.213 e. The quantitative estimate of drug-likeness (QED) is 0.533. The van der Waals surface area contributed by atoms with Gasteiger partial charge in [0, 0.05) is 29.5 Å². The van der Waals surface area contributed by atoms with Gasteiger partial charge in [-0.05, 0) is 28.8 Å². The number of rotatable bonds is 5. The second kappa shape index (κ2) is 8.01. The number of para-hydroxylation sites is 1. The summed E-state index contributed by atoms with van der Waals surface area (Å²) in [5.41, 5.74) is 3.85. The van der Waals surface area contributed by atoms with Crippen molar-refractivity contribution in [3.8, 4) is 0 Å². The topological polar surface area (TPSA) is 13.1 Å². The lowest BCUT2D eigenvalue weighted by molar-refractivity contribution is -0.666. The van der Waals surface area contributed by atoms with Crippen LogP contribution in [-0.2, 0) is 11.3 Å². The van der Waals surface area contributed by atoms with Crippen LogP contribution in [0.1, 0.15) is 18.4 Å². The Hall–Kier alpha value is -2.52. The van der Waals surface area contributed by atoms with E-state index in [1.807, 2.05) is 0 Å². The van der Waals surface area contributed by atoms with E-state index in [1.54, 1.807) is 7.11 Å². The Morgan fingerprint density at radius 1 is 0.963 bits per heavy atom. The molecule has 0 unspecified atom stereocenters. The molecule has 0 fully saturated rings. The van der Waals surface area contributed by atoms with Crippen LogP contribution in [0.15, 0.2) is 66.9 Å². The van der Waals surface area contributed by atoms with Crippen LogP contribution in [0.25, 0.3) is 28.3 Å². The summed E-state index contributed by atoms with van der Waals surface area (Å²) in [5.74, 6) is 1.91. The van der Waals surface area contributed by atoms with Crippen molar-refractivity contribution in [2.24, 2.45) is 0 Å². The molecule has 3 aromatic rings. The molecule has 0 spiro atoms. The van der Waals surface area contributed by atoms with Crippen LogP contribution in [0.3, 0.4) is 0 Å². The zero-order valence-electron chi connectivity index (χ0n) is 15.6. The third kappa shape index (κ3) is 3.52. The smallest absolute Gasteiger partial charge is 0.213 e. The minimum atomic E-state index is 0.830. The number of thiol groups is 1. The van der Waals surface area contributed by atoms with E-state index in [9.17, 15) is 0 Å². The lowest BCUT2D eigenvalue weighted by atomic mass is 9.97. The largest absolute Gasteiger partial charge is 0.500 e. The maximum atomic E-state index is 5.59. The highest BCUT2D eigenvalue weighted by Crippen LogP contribution is 2.20. The van der Waals surface area contributed by atoms with Crippen molar-refractivity contribution in [1.29, 1.82) is 0 Å². The van der Waals surface area contributed by atoms with Gasteiger partial charge in [-0.2, -0.15) is 17.2 Å². The molecule has 3 heteroatoms. The molecule has 27 heavy (non-hydrogen) atoms. The van der Waals surface area contributed by atoms with E-state index in [2.05, 4.69) is 90.1 Å². The van der Waals surface area contributed by atoms with E-state index in [0.717, 1.165) is 30.9 Å². The Labute approximate surface area is 165 Å². The van der Waals surface area contributed by atoms with Crippen LogP contribution in [0.2, 0.25) is 0 Å². The Balaban J connectivity index is 1.82. The van der Waals surface area contributed by atoms with E-state index < -0.39 is 0 Å². The summed E-state index contributed by atoms with van der Waals surface area (Å²) in [6.07, 6.45) is 8.63. The molecule has 1 heterocycles. The second-order valence-electron chi connectivity index (χ2n) is 6.74. The first-order valence-electron chi connectivity index (χ1n) is 9.37. The van der Waals surface area contributed by atoms with Gasteiger partial charge in [0.25, 0.3) is 0 Å². The van der Waals surface area contributed by atoms with Crippen LogP contribution in [0, 0.1) is 0 Å². The van der Waals surface area contributed by atoms with Crippen molar-refractivity contribution in [2.75, 3.05) is 12.9 Å². The molecule has 1 aliphatic carbocycles. The van der Waals surface area contributed by atoms with Crippen molar-refractivity contribution in [2.45, 2.75) is 19.4 Å². The molecule has 4 rings (SSSR count). The van der Waals surface area contributed by atoms with Gasteiger partial charge >= 0.3 is 0 Å². The number of aryl methyl sites for hydroxylation is 1. The van der Waals surface area contributed by atoms with Gasteiger partial charge < -0.3 is 4.74 Å². The standard InChI is InChI=1S/C24H23NOS/c1-26-24-13-12-18(20-6-2-3-8-22(20)24)10-11-19-14-15-25(16-17-27)23-9-5-4-7-21(19)23/h2-11,14-15H,12-13,16-17H2,1H3/p+1/b11-10+. The van der Waals surface area contributed by atoms with Crippen molar-refractivity contribution >= 4 is 40.9 Å². The molecule has 136 valence electrons. The molecule has 0 amide bonds. The summed E-state index contributed by atoms with van der Waals surface area (Å²) in [6, 6.07) is 19.3. The van der Waals surface area contributed by atoms with Crippen LogP contribution >= 0.6 is 12.6 Å². The van der Waals surface area contributed by atoms with Crippen molar-refractivity contribution < 1.29 is 9.30 Å². The molecular formula is C24H24NOS+. The molecule has 0 N–H and O–H groups in total. The minimum Gasteiger partial charge on any atom is -0.500 e. The fraction of sp³-hybridized carbons (Fsp3) is 0.208. The summed E-state index contributed by atoms with van der Waals surface area (Å²) >= 11 is 4.39. The van der Waals surface area contributed by atoms with E-state index in [4.69, 9.17) is 4.74 Å². The van der Waals surface area contributed by atoms with E-state index >= 15 is 0 Å². The van der Waals surface area contributed by atoms with E-state index in [-0.39, 0.29) is 0 Å². The third-order valence-electron chi connectivity index (χ3n) is 5.20. The molecule has 0 radical (unpaired) electrons. The van der Waals surface area contributed by atoms with Gasteiger partial charge in [-0.1, -0.05) is 48.6 Å². The predicted octanol–water partition coefficient (Wildman–Crippen LogP) is 3.47. The minimum absolute atomic E-state index is 0.830. The van der Waals surface area contributed by atoms with Crippen LogP contribution in [-0.4, -0.2) is 12.9 Å². The number of nitrogens with zero attached hydrogens (tertiary/aromatic N) is 1. The monoisotopic (exact) mass is 374 g/mol. The number of hydrogen-bond acceptors (Lipinski definition) is 2. The molecule has 1 aromatic heterocycles. The fourth-order valence-electron chi connectivity index (χ4n) is 3.86. The van der Waals surface area contributed by atoms with Crippen LogP contribution in [0.5, 0.6) is 0 Å². The van der Waals surface area contributed by atoms with Crippen LogP contribution in [0.4, 0.5) is 0 Å². The van der Waals surface area contributed by atoms with Gasteiger partial charge in [-0.3, -0.25) is 0 Å². The first kappa shape index (κ1) is 17.9. The average molecular weight is 375 g/mol. The third-order valence-corrected chi connectivity index (χ3v) is 5.40. The molecule has 0 atom stereocenters. The first-order chi connectivity index (χ1) is 13.3. The summed E-state index contributed by atoms with van der Waals surface area (Å²) in [6.45, 7) is 0.911. The fourth-order valence-corrected chi connectivity index (χ4v) is 4.07. The molecule has 2 nitrogen and oxygen atoms in total. The summed E-state index contributed by atoms with van der Waals surface area (Å²) in [4.78, 5) is 0. The van der Waals surface area contributed by atoms with Crippen molar-refractivity contribution in [3.63, 3.8) is 0 Å². The summed E-state index contributed by atoms with van der Waals surface area (Å²) in [7, 11) is 1.77. The van der Waals surface area contributed by atoms with Crippen molar-refractivity contribution in [1.82, 2.24) is 0 Å². The number of fused-ring (bicyclic) bond motifs is 2. The van der Waals surface area contributed by atoms with E-state index in [0.29, 0.717) is 0 Å². The zero-order chi connectivity index (χ0) is 18.6. The lowest BCUT2D eigenvalue weighted by Crippen LogP contribution is -2.35. The number of hydrogen-bond donors (Lipinski definition) is 1. The SMILES string of the molecule is COC1=c2ccccc2=C(/C=C/c2cc[n+](CCS)c3ccccc23)CC1. The highest BCUT2D eigenvalue weighted by atomic mass is 32.1. The number of allylic oxidation sites excluding steroid dienone is 1. The molecule has 0 aliphatic heterocycles. The van der Waals surface area contributed by atoms with Gasteiger partial charge in [0.1, 0.15) is 5.76 Å². The number of aromatic nitrogens is 1. The average Bonchev–Trinajstić information content (AvgIpc) is 2.73. The second-order valence-corrected chi connectivity index (χ2v) is 7.18. The Morgan fingerprint density at radius 3 is 2.56 bits per heavy atom. The van der Waals surface area contributed by atoms with Gasteiger partial charge in [0.2, 0.25) is 5.52 Å². The Bertz CT molecular complexity index is 1130. The van der Waals surface area contributed by atoms with Crippen LogP contribution < -0.4 is 15.0 Å². The first-order valence-corrected chi connectivity index (χ1v) is 10.0. The zero-order valence-corrected chi connectivity index (χ0v) is 16.5. The Kier molecular flexibility index (Phi) is 5.30. The molecular weight excluding hydrogens is 350 g/mol. The van der Waals surface area contributed by atoms with E-state index in [1.165, 1.54) is 32.5 Å². The molecule has 2 aromatic carbocycles. The maximum absolute atomic E-state index is 5.59. The molecule has 0 saturated carbocycles. The molecule has 1 aliphatic rings. The summed E-state index contributed by atoms with van der Waals surface area (Å²) in [5, 5.41) is 3.77. The molecule has 0 saturated heterocycles. The highest BCUT2D eigenvalue weighted by Gasteiger charge is 2.12. The van der Waals surface area contributed by atoms with Gasteiger partial charge in [-0.15, -0.1) is 0 Å².